The molecular formula is C52H61N9O15. The number of ether oxygens (including phenoxy) is 2. The maximum absolute atomic E-state index is 12.8. The Hall–Kier alpha value is -8.16. The van der Waals surface area contributed by atoms with Gasteiger partial charge >= 0.3 is 30.2 Å². The van der Waals surface area contributed by atoms with E-state index < -0.39 is 54.0 Å². The van der Waals surface area contributed by atoms with E-state index in [1.54, 1.807) is 0 Å². The summed E-state index contributed by atoms with van der Waals surface area (Å²) in [5.74, 6) is 2.54. The topological polar surface area (TPSA) is 279 Å². The lowest BCUT2D eigenvalue weighted by atomic mass is 10.0. The SMILES string of the molecule is NOCCNC(=O)OCc1ccccc1.O=C(NCCONC(=O)[C@@H]1CC[C@@H]2CN1C(=O)N2OCc1ccccc1)OCc1ccccc1.O=C(ON1C(=O)CCC1=O)[C@@H]1CC[C@@H]2CN1C(=O)N2OCc1ccccc1. The molecule has 5 heterocycles. The van der Waals surface area contributed by atoms with Gasteiger partial charge in [0.05, 0.1) is 25.3 Å². The first-order valence-corrected chi connectivity index (χ1v) is 24.7. The van der Waals surface area contributed by atoms with Gasteiger partial charge in [0, 0.05) is 39.0 Å². The van der Waals surface area contributed by atoms with Crippen molar-refractivity contribution in [1.29, 1.82) is 0 Å². The van der Waals surface area contributed by atoms with Crippen LogP contribution >= 0.6 is 0 Å². The van der Waals surface area contributed by atoms with Crippen molar-refractivity contribution in [1.82, 2.24) is 41.1 Å². The van der Waals surface area contributed by atoms with E-state index in [0.717, 1.165) is 22.3 Å². The highest BCUT2D eigenvalue weighted by atomic mass is 16.7. The van der Waals surface area contributed by atoms with Gasteiger partial charge < -0.3 is 39.6 Å². The summed E-state index contributed by atoms with van der Waals surface area (Å²) in [6.45, 7) is 2.56. The smallest absolute Gasteiger partial charge is 0.407 e. The van der Waals surface area contributed by atoms with Crippen LogP contribution in [0.1, 0.15) is 60.8 Å². The number of amides is 9. The van der Waals surface area contributed by atoms with Gasteiger partial charge in [0.25, 0.3) is 17.7 Å². The van der Waals surface area contributed by atoms with E-state index in [9.17, 15) is 38.4 Å². The normalized spacial score (nSPS) is 19.2. The van der Waals surface area contributed by atoms with Gasteiger partial charge in [-0.25, -0.2) is 35.3 Å². The van der Waals surface area contributed by atoms with Crippen LogP contribution in [0, 0.1) is 0 Å². The van der Waals surface area contributed by atoms with Crippen LogP contribution in [-0.2, 0) is 79.3 Å². The van der Waals surface area contributed by atoms with Crippen molar-refractivity contribution in [2.75, 3.05) is 39.4 Å². The number of nitrogens with two attached hydrogens (primary N) is 1. The van der Waals surface area contributed by atoms with Crippen LogP contribution in [0.2, 0.25) is 0 Å². The predicted octanol–water partition coefficient (Wildman–Crippen LogP) is 4.16. The summed E-state index contributed by atoms with van der Waals surface area (Å²) in [4.78, 5) is 125. The molecule has 0 unspecified atom stereocenters. The van der Waals surface area contributed by atoms with Gasteiger partial charge in [-0.15, -0.1) is 5.06 Å². The summed E-state index contributed by atoms with van der Waals surface area (Å²) in [5, 5.41) is 8.24. The summed E-state index contributed by atoms with van der Waals surface area (Å²) in [6, 6.07) is 35.5. The monoisotopic (exact) mass is 1050 g/mol. The van der Waals surface area contributed by atoms with Gasteiger partial charge in [0.15, 0.2) is 0 Å². The van der Waals surface area contributed by atoms with E-state index >= 15 is 0 Å². The van der Waals surface area contributed by atoms with Gasteiger partial charge in [-0.05, 0) is 47.9 Å². The average Bonchev–Trinajstić information content (AvgIpc) is 3.99. The largest absolute Gasteiger partial charge is 0.445 e. The molecule has 5 aliphatic rings. The quantitative estimate of drug-likeness (QED) is 0.0549. The molecule has 4 aromatic rings. The van der Waals surface area contributed by atoms with E-state index in [1.165, 1.54) is 19.9 Å². The van der Waals surface area contributed by atoms with Crippen LogP contribution in [0.25, 0.3) is 0 Å². The van der Waals surface area contributed by atoms with Gasteiger partial charge in [-0.1, -0.05) is 121 Å². The Morgan fingerprint density at radius 3 is 1.38 bits per heavy atom. The lowest BCUT2D eigenvalue weighted by Crippen LogP contribution is -2.50. The molecule has 0 saturated carbocycles. The first kappa shape index (κ1) is 55.6. The van der Waals surface area contributed by atoms with Crippen LogP contribution in [0.5, 0.6) is 0 Å². The number of hydroxylamine groups is 7. The Morgan fingerprint density at radius 1 is 0.526 bits per heavy atom. The third-order valence-corrected chi connectivity index (χ3v) is 12.4. The Morgan fingerprint density at radius 2 is 0.934 bits per heavy atom. The molecule has 76 heavy (non-hydrogen) atoms. The second-order valence-electron chi connectivity index (χ2n) is 17.7. The standard InChI is InChI=1S/C24H28N4O6.C18H19N3O6.C10H14N2O3/c29-22(26-33-14-13-25-23(30)32-16-18-7-3-1-4-8-18)21-12-11-20-15-27(21)24(31)28(20)34-17-19-9-5-2-6-10-19;22-15-8-9-16(23)21(15)27-17(24)14-7-6-13-10-19(14)18(25)20(13)26-11-12-4-2-1-3-5-12;11-15-7-6-12-10(13)14-8-9-4-2-1-3-5-9/h1-10,20-21H,11-17H2,(H,25,30)(H,26,29);1-5,13-14H,6-11H2;1-5H,6-8,11H2,(H,12,13)/t20-,21+;13-,14+;/m11./s1. The van der Waals surface area contributed by atoms with Crippen molar-refractivity contribution in [3.63, 3.8) is 0 Å². The van der Waals surface area contributed by atoms with Crippen molar-refractivity contribution in [3.8, 4) is 0 Å². The fraction of sp³-hybridized carbons (Fsp3) is 0.385. The molecule has 24 nitrogen and oxygen atoms in total. The number of fused-ring (bicyclic) bond motifs is 4. The van der Waals surface area contributed by atoms with E-state index in [0.29, 0.717) is 50.4 Å². The maximum Gasteiger partial charge on any atom is 0.407 e. The number of carbonyl (C=O) groups excluding carboxylic acids is 8. The van der Waals surface area contributed by atoms with Crippen LogP contribution in [-0.4, -0.2) is 136 Å². The lowest BCUT2D eigenvalue weighted by Gasteiger charge is -2.29. The van der Waals surface area contributed by atoms with Crippen LogP contribution in [0.4, 0.5) is 19.2 Å². The fourth-order valence-electron chi connectivity index (χ4n) is 8.51. The molecule has 5 aliphatic heterocycles. The number of urea groups is 2. The van der Waals surface area contributed by atoms with E-state index in [-0.39, 0.29) is 77.1 Å². The third-order valence-electron chi connectivity index (χ3n) is 12.4. The summed E-state index contributed by atoms with van der Waals surface area (Å²) >= 11 is 0. The summed E-state index contributed by atoms with van der Waals surface area (Å²) in [6.07, 6.45) is 1.14. The summed E-state index contributed by atoms with van der Waals surface area (Å²) < 4.78 is 10.0. The third kappa shape index (κ3) is 15.9. The molecule has 5 N–H and O–H groups in total. The number of hydrogen-bond donors (Lipinski definition) is 4. The summed E-state index contributed by atoms with van der Waals surface area (Å²) in [7, 11) is 0. The Kier molecular flexibility index (Phi) is 20.8. The molecule has 0 aliphatic carbocycles. The molecule has 0 spiro atoms. The van der Waals surface area contributed by atoms with Gasteiger partial charge in [-0.2, -0.15) is 10.1 Å². The molecular weight excluding hydrogens is 991 g/mol. The number of imide groups is 1. The fourth-order valence-corrected chi connectivity index (χ4v) is 8.51. The number of nitrogens with zero attached hydrogens (tertiary/aromatic N) is 5. The second kappa shape index (κ2) is 28.5. The summed E-state index contributed by atoms with van der Waals surface area (Å²) in [5.41, 5.74) is 6.11. The van der Waals surface area contributed by atoms with Gasteiger partial charge in [0.2, 0.25) is 0 Å². The minimum Gasteiger partial charge on any atom is -0.445 e. The average molecular weight is 1050 g/mol. The highest BCUT2D eigenvalue weighted by Crippen LogP contribution is 2.32. The Bertz CT molecular complexity index is 2550. The highest BCUT2D eigenvalue weighted by Gasteiger charge is 2.50. The zero-order valence-electron chi connectivity index (χ0n) is 41.6. The molecule has 0 aromatic heterocycles. The number of carbonyl (C=O) groups is 8. The molecule has 5 saturated heterocycles. The van der Waals surface area contributed by atoms with E-state index in [4.69, 9.17) is 34.7 Å². The van der Waals surface area contributed by atoms with Crippen molar-refractivity contribution < 1.29 is 72.0 Å². The zero-order chi connectivity index (χ0) is 53.7. The molecule has 4 bridgehead atoms. The number of hydrogen-bond acceptors (Lipinski definition) is 16. The minimum absolute atomic E-state index is 0.0304. The molecule has 4 atom stereocenters. The zero-order valence-corrected chi connectivity index (χ0v) is 41.6. The van der Waals surface area contributed by atoms with Crippen LogP contribution < -0.4 is 22.0 Å². The highest BCUT2D eigenvalue weighted by molar-refractivity contribution is 6.02. The van der Waals surface area contributed by atoms with Crippen molar-refractivity contribution in [2.45, 2.75) is 89.1 Å². The van der Waals surface area contributed by atoms with Crippen molar-refractivity contribution in [3.05, 3.63) is 144 Å². The Balaban J connectivity index is 0.000000178. The predicted molar refractivity (Wildman–Crippen MR) is 265 cm³/mol. The van der Waals surface area contributed by atoms with Gasteiger partial charge in [0.1, 0.15) is 38.5 Å². The number of nitrogens with one attached hydrogen (secondary N) is 3. The molecule has 24 heteroatoms. The van der Waals surface area contributed by atoms with E-state index in [1.807, 2.05) is 121 Å². The van der Waals surface area contributed by atoms with Crippen LogP contribution in [0.15, 0.2) is 121 Å². The van der Waals surface area contributed by atoms with Crippen molar-refractivity contribution in [2.24, 2.45) is 5.90 Å². The minimum atomic E-state index is -0.833. The molecule has 9 rings (SSSR count). The number of benzene rings is 4. The molecule has 404 valence electrons. The van der Waals surface area contributed by atoms with Crippen molar-refractivity contribution >= 4 is 47.9 Å². The second-order valence-corrected chi connectivity index (χ2v) is 17.7. The number of rotatable bonds is 20. The van der Waals surface area contributed by atoms with Crippen LogP contribution in [0.3, 0.4) is 0 Å². The molecule has 4 aromatic carbocycles. The Labute approximate surface area is 437 Å². The van der Waals surface area contributed by atoms with Gasteiger partial charge in [-0.3, -0.25) is 28.9 Å². The van der Waals surface area contributed by atoms with E-state index in [2.05, 4.69) is 21.0 Å². The first-order chi connectivity index (χ1) is 37.0. The number of piperidine rings is 2. The number of alkyl carbamates (subject to hydrolysis) is 2. The first-order valence-electron chi connectivity index (χ1n) is 24.7. The lowest BCUT2D eigenvalue weighted by molar-refractivity contribution is -0.201. The molecule has 0 radical (unpaired) electrons. The molecule has 9 amide bonds. The molecule has 5 fully saturated rings. The maximum atomic E-state index is 12.8.